The molecule has 0 aromatic heterocycles. The summed E-state index contributed by atoms with van der Waals surface area (Å²) in [6, 6.07) is 7.99. The highest BCUT2D eigenvalue weighted by Gasteiger charge is 2.01. The molecule has 0 bridgehead atoms. The Kier molecular flexibility index (Phi) is 6.87. The van der Waals surface area contributed by atoms with Crippen molar-refractivity contribution in [3.63, 3.8) is 0 Å². The summed E-state index contributed by atoms with van der Waals surface area (Å²) in [4.78, 5) is 11.2. The van der Waals surface area contributed by atoms with Gasteiger partial charge in [0.05, 0.1) is 7.11 Å². The van der Waals surface area contributed by atoms with Gasteiger partial charge in [-0.3, -0.25) is 4.79 Å². The first-order valence-electron chi connectivity index (χ1n) is 6.37. The van der Waals surface area contributed by atoms with Crippen molar-refractivity contribution in [1.82, 2.24) is 10.6 Å². The molecule has 1 rings (SSSR count). The van der Waals surface area contributed by atoms with E-state index < -0.39 is 0 Å². The van der Waals surface area contributed by atoms with Crippen LogP contribution in [0.25, 0.3) is 0 Å². The Balaban J connectivity index is 2.19. The van der Waals surface area contributed by atoms with Crippen LogP contribution in [0.15, 0.2) is 24.3 Å². The molecule has 1 aromatic rings. The summed E-state index contributed by atoms with van der Waals surface area (Å²) in [5.74, 6) is 1.02. The molecule has 1 amide bonds. The van der Waals surface area contributed by atoms with Gasteiger partial charge in [-0.05, 0) is 31.5 Å². The van der Waals surface area contributed by atoms with Crippen LogP contribution in [0.3, 0.4) is 0 Å². The Morgan fingerprint density at radius 3 is 2.78 bits per heavy atom. The third-order valence-corrected chi connectivity index (χ3v) is 2.67. The normalized spacial score (nSPS) is 10.1. The predicted octanol–water partition coefficient (Wildman–Crippen LogP) is 1.35. The number of benzene rings is 1. The van der Waals surface area contributed by atoms with E-state index in [4.69, 9.17) is 4.74 Å². The van der Waals surface area contributed by atoms with Crippen molar-refractivity contribution in [3.8, 4) is 5.75 Å². The fraction of sp³-hybridized carbons (Fsp3) is 0.500. The maximum atomic E-state index is 11.2. The molecule has 1 aromatic carbocycles. The first kappa shape index (κ1) is 14.5. The standard InChI is InChI=1S/C14H22N2O2/c1-3-16-14(17)9-11-15-10-8-12-6-4-5-7-13(12)18-2/h4-7,15H,3,8-11H2,1-2H3,(H,16,17). The first-order valence-corrected chi connectivity index (χ1v) is 6.37. The van der Waals surface area contributed by atoms with Gasteiger partial charge in [-0.2, -0.15) is 0 Å². The van der Waals surface area contributed by atoms with Gasteiger partial charge in [0.25, 0.3) is 0 Å². The Bertz CT molecular complexity index is 367. The fourth-order valence-corrected chi connectivity index (χ4v) is 1.75. The summed E-state index contributed by atoms with van der Waals surface area (Å²) >= 11 is 0. The smallest absolute Gasteiger partial charge is 0.221 e. The van der Waals surface area contributed by atoms with Gasteiger partial charge in [0, 0.05) is 19.5 Å². The largest absolute Gasteiger partial charge is 0.496 e. The molecular formula is C14H22N2O2. The van der Waals surface area contributed by atoms with Gasteiger partial charge in [0.15, 0.2) is 0 Å². The van der Waals surface area contributed by atoms with Crippen LogP contribution in [-0.4, -0.2) is 32.7 Å². The van der Waals surface area contributed by atoms with Gasteiger partial charge in [-0.1, -0.05) is 18.2 Å². The molecule has 0 atom stereocenters. The van der Waals surface area contributed by atoms with Crippen LogP contribution in [-0.2, 0) is 11.2 Å². The average Bonchev–Trinajstić information content (AvgIpc) is 2.39. The second-order valence-corrected chi connectivity index (χ2v) is 4.02. The molecule has 100 valence electrons. The molecular weight excluding hydrogens is 228 g/mol. The number of nitrogens with one attached hydrogen (secondary N) is 2. The van der Waals surface area contributed by atoms with Crippen LogP contribution >= 0.6 is 0 Å². The molecule has 0 aliphatic heterocycles. The van der Waals surface area contributed by atoms with Crippen molar-refractivity contribution in [1.29, 1.82) is 0 Å². The molecule has 0 spiro atoms. The molecule has 18 heavy (non-hydrogen) atoms. The molecule has 4 nitrogen and oxygen atoms in total. The number of carbonyl (C=O) groups is 1. The Morgan fingerprint density at radius 1 is 1.28 bits per heavy atom. The monoisotopic (exact) mass is 250 g/mol. The van der Waals surface area contributed by atoms with E-state index in [1.54, 1.807) is 7.11 Å². The molecule has 0 saturated carbocycles. The molecule has 0 radical (unpaired) electrons. The predicted molar refractivity (Wildman–Crippen MR) is 72.9 cm³/mol. The Morgan fingerprint density at radius 2 is 2.06 bits per heavy atom. The zero-order chi connectivity index (χ0) is 13.2. The van der Waals surface area contributed by atoms with Crippen molar-refractivity contribution < 1.29 is 9.53 Å². The van der Waals surface area contributed by atoms with Crippen molar-refractivity contribution in [3.05, 3.63) is 29.8 Å². The third-order valence-electron chi connectivity index (χ3n) is 2.67. The molecule has 0 aliphatic rings. The Labute approximate surface area is 109 Å². The van der Waals surface area contributed by atoms with Gasteiger partial charge in [-0.15, -0.1) is 0 Å². The minimum atomic E-state index is 0.0993. The summed E-state index contributed by atoms with van der Waals surface area (Å²) < 4.78 is 5.28. The van der Waals surface area contributed by atoms with E-state index in [2.05, 4.69) is 16.7 Å². The van der Waals surface area contributed by atoms with Gasteiger partial charge < -0.3 is 15.4 Å². The van der Waals surface area contributed by atoms with E-state index in [0.29, 0.717) is 19.5 Å². The van der Waals surface area contributed by atoms with E-state index in [-0.39, 0.29) is 5.91 Å². The fourth-order valence-electron chi connectivity index (χ4n) is 1.75. The van der Waals surface area contributed by atoms with Crippen LogP contribution in [0, 0.1) is 0 Å². The molecule has 0 heterocycles. The van der Waals surface area contributed by atoms with Crippen LogP contribution < -0.4 is 15.4 Å². The third kappa shape index (κ3) is 5.19. The number of amides is 1. The lowest BCUT2D eigenvalue weighted by molar-refractivity contribution is -0.120. The van der Waals surface area contributed by atoms with Gasteiger partial charge in [-0.25, -0.2) is 0 Å². The van der Waals surface area contributed by atoms with Crippen LogP contribution in [0.2, 0.25) is 0 Å². The van der Waals surface area contributed by atoms with Gasteiger partial charge in [0.2, 0.25) is 5.91 Å². The molecule has 2 N–H and O–H groups in total. The molecule has 0 saturated heterocycles. The highest BCUT2D eigenvalue weighted by atomic mass is 16.5. The van der Waals surface area contributed by atoms with Crippen molar-refractivity contribution >= 4 is 5.91 Å². The maximum absolute atomic E-state index is 11.2. The average molecular weight is 250 g/mol. The van der Waals surface area contributed by atoms with Crippen molar-refractivity contribution in [2.24, 2.45) is 0 Å². The van der Waals surface area contributed by atoms with Crippen molar-refractivity contribution in [2.45, 2.75) is 19.8 Å². The Hall–Kier alpha value is -1.55. The quantitative estimate of drug-likeness (QED) is 0.685. The summed E-state index contributed by atoms with van der Waals surface area (Å²) in [5.41, 5.74) is 1.19. The zero-order valence-corrected chi connectivity index (χ0v) is 11.2. The molecule has 0 unspecified atom stereocenters. The number of para-hydroxylation sites is 1. The SMILES string of the molecule is CCNC(=O)CCNCCc1ccccc1OC. The first-order chi connectivity index (χ1) is 8.77. The minimum Gasteiger partial charge on any atom is -0.496 e. The summed E-state index contributed by atoms with van der Waals surface area (Å²) in [5, 5.41) is 6.03. The summed E-state index contributed by atoms with van der Waals surface area (Å²) in [6.07, 6.45) is 1.43. The number of methoxy groups -OCH3 is 1. The van der Waals surface area contributed by atoms with Crippen LogP contribution in [0.4, 0.5) is 0 Å². The summed E-state index contributed by atoms with van der Waals surface area (Å²) in [7, 11) is 1.68. The highest BCUT2D eigenvalue weighted by Crippen LogP contribution is 2.17. The lowest BCUT2D eigenvalue weighted by Gasteiger charge is -2.08. The number of hydrogen-bond acceptors (Lipinski definition) is 3. The zero-order valence-electron chi connectivity index (χ0n) is 11.2. The highest BCUT2D eigenvalue weighted by molar-refractivity contribution is 5.75. The second-order valence-electron chi connectivity index (χ2n) is 4.02. The number of carbonyl (C=O) groups excluding carboxylic acids is 1. The second kappa shape index (κ2) is 8.53. The molecule has 0 aliphatic carbocycles. The lowest BCUT2D eigenvalue weighted by atomic mass is 10.1. The van der Waals surface area contributed by atoms with Crippen LogP contribution in [0.5, 0.6) is 5.75 Å². The van der Waals surface area contributed by atoms with E-state index in [1.165, 1.54) is 5.56 Å². The topological polar surface area (TPSA) is 50.4 Å². The molecule has 4 heteroatoms. The molecule has 0 fully saturated rings. The number of rotatable bonds is 8. The van der Waals surface area contributed by atoms with Crippen molar-refractivity contribution in [2.75, 3.05) is 26.7 Å². The number of hydrogen-bond donors (Lipinski definition) is 2. The lowest BCUT2D eigenvalue weighted by Crippen LogP contribution is -2.28. The van der Waals surface area contributed by atoms with E-state index in [1.807, 2.05) is 25.1 Å². The van der Waals surface area contributed by atoms with E-state index in [0.717, 1.165) is 18.7 Å². The maximum Gasteiger partial charge on any atom is 0.221 e. The summed E-state index contributed by atoms with van der Waals surface area (Å²) in [6.45, 7) is 4.17. The van der Waals surface area contributed by atoms with E-state index in [9.17, 15) is 4.79 Å². The van der Waals surface area contributed by atoms with Crippen LogP contribution in [0.1, 0.15) is 18.9 Å². The number of ether oxygens (including phenoxy) is 1. The van der Waals surface area contributed by atoms with Gasteiger partial charge >= 0.3 is 0 Å². The minimum absolute atomic E-state index is 0.0993. The van der Waals surface area contributed by atoms with Gasteiger partial charge in [0.1, 0.15) is 5.75 Å². The van der Waals surface area contributed by atoms with E-state index >= 15 is 0 Å².